The molecule has 0 bridgehead atoms. The van der Waals surface area contributed by atoms with Crippen LogP contribution in [0.1, 0.15) is 31.2 Å². The van der Waals surface area contributed by atoms with Crippen LogP contribution in [-0.2, 0) is 20.7 Å². The number of likely N-dealkylation sites (tertiary alicyclic amines) is 1. The van der Waals surface area contributed by atoms with Gasteiger partial charge in [-0.3, -0.25) is 14.5 Å². The summed E-state index contributed by atoms with van der Waals surface area (Å²) in [5.74, 6) is 0.622. The first kappa shape index (κ1) is 19.2. The molecule has 1 aliphatic rings. The van der Waals surface area contributed by atoms with Crippen LogP contribution in [0.4, 0.5) is 0 Å². The largest absolute Gasteiger partial charge is 0.497 e. The minimum absolute atomic E-state index is 0.00489. The van der Waals surface area contributed by atoms with Gasteiger partial charge in [-0.05, 0) is 43.5 Å². The Morgan fingerprint density at radius 2 is 1.96 bits per heavy atom. The van der Waals surface area contributed by atoms with E-state index in [-0.39, 0.29) is 17.9 Å². The van der Waals surface area contributed by atoms with Crippen molar-refractivity contribution in [3.8, 4) is 5.75 Å². The first-order valence-electron chi connectivity index (χ1n) is 8.83. The fraction of sp³-hybridized carbons (Fsp3) is 0.579. The van der Waals surface area contributed by atoms with Crippen molar-refractivity contribution in [1.82, 2.24) is 10.2 Å². The third-order valence-electron chi connectivity index (χ3n) is 4.62. The van der Waals surface area contributed by atoms with Crippen molar-refractivity contribution in [1.29, 1.82) is 0 Å². The van der Waals surface area contributed by atoms with Crippen molar-refractivity contribution in [2.24, 2.45) is 0 Å². The van der Waals surface area contributed by atoms with Gasteiger partial charge in [0.25, 0.3) is 0 Å². The molecule has 1 aromatic rings. The first-order valence-corrected chi connectivity index (χ1v) is 8.83. The highest BCUT2D eigenvalue weighted by atomic mass is 16.5. The molecule has 0 aromatic heterocycles. The number of carbonyl (C=O) groups excluding carboxylic acids is 2. The molecule has 0 saturated carbocycles. The molecule has 0 aliphatic carbocycles. The summed E-state index contributed by atoms with van der Waals surface area (Å²) in [6, 6.07) is 7.95. The van der Waals surface area contributed by atoms with Crippen LogP contribution in [0.2, 0.25) is 0 Å². The number of carbonyl (C=O) groups is 2. The van der Waals surface area contributed by atoms with Gasteiger partial charge in [0.1, 0.15) is 5.75 Å². The average Bonchev–Trinajstić information content (AvgIpc) is 2.63. The summed E-state index contributed by atoms with van der Waals surface area (Å²) in [5, 5.41) is 2.97. The molecule has 138 valence electrons. The van der Waals surface area contributed by atoms with Gasteiger partial charge in [-0.1, -0.05) is 18.6 Å². The monoisotopic (exact) mass is 348 g/mol. The minimum atomic E-state index is -0.211. The van der Waals surface area contributed by atoms with Gasteiger partial charge in [-0.15, -0.1) is 0 Å². The molecule has 1 atom stereocenters. The van der Waals surface area contributed by atoms with E-state index in [0.717, 1.165) is 43.5 Å². The molecule has 1 N–H and O–H groups in total. The quantitative estimate of drug-likeness (QED) is 0.725. The third kappa shape index (κ3) is 6.38. The van der Waals surface area contributed by atoms with Gasteiger partial charge in [0.15, 0.2) is 0 Å². The lowest BCUT2D eigenvalue weighted by Crippen LogP contribution is -2.46. The topological polar surface area (TPSA) is 67.9 Å². The van der Waals surface area contributed by atoms with Crippen LogP contribution in [0.15, 0.2) is 24.3 Å². The van der Waals surface area contributed by atoms with Crippen LogP contribution in [0.25, 0.3) is 0 Å². The number of esters is 1. The van der Waals surface area contributed by atoms with Crippen molar-refractivity contribution >= 4 is 11.9 Å². The van der Waals surface area contributed by atoms with Crippen LogP contribution >= 0.6 is 0 Å². The van der Waals surface area contributed by atoms with Gasteiger partial charge in [-0.2, -0.15) is 0 Å². The Labute approximate surface area is 149 Å². The maximum absolute atomic E-state index is 12.2. The first-order chi connectivity index (χ1) is 12.1. The van der Waals surface area contributed by atoms with Crippen LogP contribution < -0.4 is 10.1 Å². The fourth-order valence-electron chi connectivity index (χ4n) is 3.15. The van der Waals surface area contributed by atoms with Crippen LogP contribution in [0.3, 0.4) is 0 Å². The molecule has 0 radical (unpaired) electrons. The number of hydrogen-bond acceptors (Lipinski definition) is 5. The second-order valence-electron chi connectivity index (χ2n) is 6.35. The van der Waals surface area contributed by atoms with Crippen molar-refractivity contribution in [2.45, 2.75) is 38.1 Å². The number of ether oxygens (including phenoxy) is 2. The van der Waals surface area contributed by atoms with E-state index < -0.39 is 0 Å². The molecule has 1 aromatic carbocycles. The number of amides is 1. The molecule has 6 nitrogen and oxygen atoms in total. The Morgan fingerprint density at radius 3 is 2.64 bits per heavy atom. The maximum atomic E-state index is 12.2. The molecule has 1 amide bonds. The van der Waals surface area contributed by atoms with Crippen LogP contribution in [-0.4, -0.2) is 56.7 Å². The number of nitrogens with zero attached hydrogens (tertiary/aromatic N) is 1. The zero-order chi connectivity index (χ0) is 18.1. The minimum Gasteiger partial charge on any atom is -0.497 e. The highest BCUT2D eigenvalue weighted by Gasteiger charge is 2.26. The van der Waals surface area contributed by atoms with Gasteiger partial charge in [0.05, 0.1) is 27.2 Å². The number of methoxy groups -OCH3 is 2. The molecule has 0 spiro atoms. The Bertz CT molecular complexity index is 559. The number of hydrogen-bond donors (Lipinski definition) is 1. The molecule has 1 fully saturated rings. The van der Waals surface area contributed by atoms with Gasteiger partial charge >= 0.3 is 5.97 Å². The summed E-state index contributed by atoms with van der Waals surface area (Å²) >= 11 is 0. The Hall–Kier alpha value is -2.08. The highest BCUT2D eigenvalue weighted by Crippen LogP contribution is 2.19. The number of piperidine rings is 1. The zero-order valence-corrected chi connectivity index (χ0v) is 15.1. The summed E-state index contributed by atoms with van der Waals surface area (Å²) in [6.07, 6.45) is 4.24. The van der Waals surface area contributed by atoms with E-state index in [9.17, 15) is 9.59 Å². The van der Waals surface area contributed by atoms with E-state index in [2.05, 4.69) is 10.2 Å². The maximum Gasteiger partial charge on any atom is 0.307 e. The molecular weight excluding hydrogens is 320 g/mol. The predicted octanol–water partition coefficient (Wildman–Crippen LogP) is 1.77. The van der Waals surface area contributed by atoms with E-state index >= 15 is 0 Å². The number of benzene rings is 1. The van der Waals surface area contributed by atoms with Gasteiger partial charge in [0, 0.05) is 12.6 Å². The van der Waals surface area contributed by atoms with Crippen molar-refractivity contribution in [3.63, 3.8) is 0 Å². The summed E-state index contributed by atoms with van der Waals surface area (Å²) in [7, 11) is 3.05. The predicted molar refractivity (Wildman–Crippen MR) is 95.6 cm³/mol. The summed E-state index contributed by atoms with van der Waals surface area (Å²) in [5.41, 5.74) is 1.16. The Morgan fingerprint density at radius 1 is 1.20 bits per heavy atom. The second kappa shape index (κ2) is 10.0. The fourth-order valence-corrected chi connectivity index (χ4v) is 3.15. The van der Waals surface area contributed by atoms with Crippen LogP contribution in [0, 0.1) is 0 Å². The van der Waals surface area contributed by atoms with E-state index in [0.29, 0.717) is 19.5 Å². The molecule has 0 unspecified atom stereocenters. The molecule has 1 aliphatic heterocycles. The number of rotatable bonds is 8. The standard InChI is InChI=1S/C19H28N2O4/c1-24-17-8-6-15(7-9-17)10-11-20-18(22)14-21-12-4-3-5-16(21)13-19(23)25-2/h6-9,16H,3-5,10-14H2,1-2H3,(H,20,22)/t16-/m0/s1. The lowest BCUT2D eigenvalue weighted by Gasteiger charge is -2.34. The summed E-state index contributed by atoms with van der Waals surface area (Å²) < 4.78 is 9.90. The number of nitrogens with one attached hydrogen (secondary N) is 1. The molecule has 25 heavy (non-hydrogen) atoms. The summed E-state index contributed by atoms with van der Waals surface area (Å²) in [4.78, 5) is 25.8. The van der Waals surface area contributed by atoms with Crippen molar-refractivity contribution in [3.05, 3.63) is 29.8 Å². The molecular formula is C19H28N2O4. The Balaban J connectivity index is 1.74. The third-order valence-corrected chi connectivity index (χ3v) is 4.62. The normalized spacial score (nSPS) is 17.8. The van der Waals surface area contributed by atoms with Gasteiger partial charge < -0.3 is 14.8 Å². The molecule has 1 heterocycles. The van der Waals surface area contributed by atoms with Crippen LogP contribution in [0.5, 0.6) is 5.75 Å². The van der Waals surface area contributed by atoms with E-state index in [1.807, 2.05) is 24.3 Å². The second-order valence-corrected chi connectivity index (χ2v) is 6.35. The molecule has 6 heteroatoms. The lowest BCUT2D eigenvalue weighted by molar-refractivity contribution is -0.143. The molecule has 2 rings (SSSR count). The summed E-state index contributed by atoms with van der Waals surface area (Å²) in [6.45, 7) is 1.79. The average molecular weight is 348 g/mol. The smallest absolute Gasteiger partial charge is 0.307 e. The van der Waals surface area contributed by atoms with Gasteiger partial charge in [-0.25, -0.2) is 0 Å². The van der Waals surface area contributed by atoms with Gasteiger partial charge in [0.2, 0.25) is 5.91 Å². The highest BCUT2D eigenvalue weighted by molar-refractivity contribution is 5.78. The van der Waals surface area contributed by atoms with Crippen molar-refractivity contribution < 1.29 is 19.1 Å². The Kier molecular flexibility index (Phi) is 7.73. The molecule has 1 saturated heterocycles. The van der Waals surface area contributed by atoms with Crippen molar-refractivity contribution in [2.75, 3.05) is 33.9 Å². The van der Waals surface area contributed by atoms with E-state index in [1.54, 1.807) is 7.11 Å². The van der Waals surface area contributed by atoms with E-state index in [1.165, 1.54) is 7.11 Å². The van der Waals surface area contributed by atoms with E-state index in [4.69, 9.17) is 9.47 Å². The zero-order valence-electron chi connectivity index (χ0n) is 15.1. The SMILES string of the molecule is COC(=O)C[C@@H]1CCCCN1CC(=O)NCCc1ccc(OC)cc1. The lowest BCUT2D eigenvalue weighted by atomic mass is 9.99.